The van der Waals surface area contributed by atoms with Gasteiger partial charge < -0.3 is 9.84 Å². The van der Waals surface area contributed by atoms with E-state index in [0.717, 1.165) is 19.4 Å². The molecule has 2 nitrogen and oxygen atoms in total. The summed E-state index contributed by atoms with van der Waals surface area (Å²) in [4.78, 5) is 0. The van der Waals surface area contributed by atoms with Crippen LogP contribution in [-0.4, -0.2) is 24.4 Å². The lowest BCUT2D eigenvalue weighted by atomic mass is 10.1. The summed E-state index contributed by atoms with van der Waals surface area (Å²) in [6.45, 7) is 5.56. The maximum absolute atomic E-state index is 9.28. The van der Waals surface area contributed by atoms with Crippen LogP contribution in [0.15, 0.2) is 0 Å². The Morgan fingerprint density at radius 1 is 0.824 bits per heavy atom. The van der Waals surface area contributed by atoms with Gasteiger partial charge in [0.2, 0.25) is 0 Å². The molecule has 1 N–H and O–H groups in total. The Morgan fingerprint density at radius 3 is 1.88 bits per heavy atom. The lowest BCUT2D eigenvalue weighted by molar-refractivity contribution is 0.0335. The monoisotopic (exact) mass is 244 g/mol. The van der Waals surface area contributed by atoms with Crippen molar-refractivity contribution in [2.75, 3.05) is 13.2 Å². The van der Waals surface area contributed by atoms with Crippen molar-refractivity contribution < 1.29 is 9.84 Å². The molecule has 0 rings (SSSR count). The second-order valence-corrected chi connectivity index (χ2v) is 4.97. The Hall–Kier alpha value is -0.0800. The fourth-order valence-corrected chi connectivity index (χ4v) is 1.85. The SMILES string of the molecule is CCCCCCCCCCCOC[C@@H](O)CC. The number of unbranched alkanes of at least 4 members (excludes halogenated alkanes) is 8. The van der Waals surface area contributed by atoms with E-state index in [-0.39, 0.29) is 6.10 Å². The summed E-state index contributed by atoms with van der Waals surface area (Å²) >= 11 is 0. The van der Waals surface area contributed by atoms with Crippen LogP contribution in [0.1, 0.15) is 78.1 Å². The van der Waals surface area contributed by atoms with Gasteiger partial charge in [-0.15, -0.1) is 0 Å². The molecule has 1 atom stereocenters. The summed E-state index contributed by atoms with van der Waals surface area (Å²) in [5, 5.41) is 9.28. The first kappa shape index (κ1) is 16.9. The second kappa shape index (κ2) is 14.0. The molecule has 0 aromatic carbocycles. The summed E-state index contributed by atoms with van der Waals surface area (Å²) in [5.41, 5.74) is 0. The number of aliphatic hydroxyl groups excluding tert-OH is 1. The predicted molar refractivity (Wildman–Crippen MR) is 74.3 cm³/mol. The molecule has 2 heteroatoms. The normalized spacial score (nSPS) is 12.9. The van der Waals surface area contributed by atoms with Gasteiger partial charge in [-0.1, -0.05) is 65.2 Å². The van der Waals surface area contributed by atoms with Gasteiger partial charge in [-0.25, -0.2) is 0 Å². The lowest BCUT2D eigenvalue weighted by Crippen LogP contribution is -2.14. The molecule has 0 spiro atoms. The number of aliphatic hydroxyl groups is 1. The number of rotatable bonds is 13. The van der Waals surface area contributed by atoms with Crippen LogP contribution in [0.5, 0.6) is 0 Å². The van der Waals surface area contributed by atoms with Crippen LogP contribution in [0.25, 0.3) is 0 Å². The minimum atomic E-state index is -0.270. The predicted octanol–water partition coefficient (Wildman–Crippen LogP) is 4.30. The highest BCUT2D eigenvalue weighted by molar-refractivity contribution is 4.49. The van der Waals surface area contributed by atoms with E-state index in [9.17, 15) is 5.11 Å². The topological polar surface area (TPSA) is 29.5 Å². The van der Waals surface area contributed by atoms with Crippen LogP contribution < -0.4 is 0 Å². The minimum absolute atomic E-state index is 0.270. The molecule has 0 unspecified atom stereocenters. The molecule has 0 aliphatic rings. The molecule has 0 amide bonds. The van der Waals surface area contributed by atoms with E-state index in [1.54, 1.807) is 0 Å². The third-order valence-electron chi connectivity index (χ3n) is 3.17. The third kappa shape index (κ3) is 13.9. The maximum Gasteiger partial charge on any atom is 0.0771 e. The Kier molecular flexibility index (Phi) is 13.9. The highest BCUT2D eigenvalue weighted by Gasteiger charge is 1.99. The fraction of sp³-hybridized carbons (Fsp3) is 1.00. The van der Waals surface area contributed by atoms with Gasteiger partial charge in [-0.2, -0.15) is 0 Å². The lowest BCUT2D eigenvalue weighted by Gasteiger charge is -2.08. The summed E-state index contributed by atoms with van der Waals surface area (Å²) in [7, 11) is 0. The Labute approximate surface area is 108 Å². The van der Waals surface area contributed by atoms with E-state index in [2.05, 4.69) is 6.92 Å². The molecule has 0 saturated heterocycles. The largest absolute Gasteiger partial charge is 0.391 e. The van der Waals surface area contributed by atoms with Gasteiger partial charge in [-0.3, -0.25) is 0 Å². The molecule has 0 saturated carbocycles. The van der Waals surface area contributed by atoms with Crippen LogP contribution >= 0.6 is 0 Å². The highest BCUT2D eigenvalue weighted by atomic mass is 16.5. The van der Waals surface area contributed by atoms with Crippen molar-refractivity contribution in [3.8, 4) is 0 Å². The second-order valence-electron chi connectivity index (χ2n) is 4.97. The van der Waals surface area contributed by atoms with Crippen molar-refractivity contribution >= 4 is 0 Å². The molecular formula is C15H32O2. The fourth-order valence-electron chi connectivity index (χ4n) is 1.85. The average molecular weight is 244 g/mol. The smallest absolute Gasteiger partial charge is 0.0771 e. The third-order valence-corrected chi connectivity index (χ3v) is 3.17. The van der Waals surface area contributed by atoms with Crippen LogP contribution in [0.4, 0.5) is 0 Å². The molecule has 0 fully saturated rings. The zero-order chi connectivity index (χ0) is 12.8. The van der Waals surface area contributed by atoms with E-state index >= 15 is 0 Å². The summed E-state index contributed by atoms with van der Waals surface area (Å²) < 4.78 is 5.40. The van der Waals surface area contributed by atoms with Gasteiger partial charge in [0.1, 0.15) is 0 Å². The van der Waals surface area contributed by atoms with Gasteiger partial charge in [0.05, 0.1) is 12.7 Å². The Bertz CT molecular complexity index is 137. The molecule has 0 aliphatic carbocycles. The van der Waals surface area contributed by atoms with E-state index in [1.165, 1.54) is 51.4 Å². The van der Waals surface area contributed by atoms with Gasteiger partial charge in [0.15, 0.2) is 0 Å². The molecule has 0 heterocycles. The zero-order valence-corrected chi connectivity index (χ0v) is 11.9. The molecule has 0 aromatic rings. The van der Waals surface area contributed by atoms with Gasteiger partial charge in [0.25, 0.3) is 0 Å². The van der Waals surface area contributed by atoms with Crippen molar-refractivity contribution in [2.45, 2.75) is 84.2 Å². The van der Waals surface area contributed by atoms with E-state index in [1.807, 2.05) is 6.92 Å². The van der Waals surface area contributed by atoms with Gasteiger partial charge in [0, 0.05) is 6.61 Å². The summed E-state index contributed by atoms with van der Waals surface area (Å²) in [6.07, 6.45) is 12.6. The first-order chi connectivity index (χ1) is 8.31. The van der Waals surface area contributed by atoms with Crippen molar-refractivity contribution in [3.63, 3.8) is 0 Å². The number of hydrogen-bond donors (Lipinski definition) is 1. The van der Waals surface area contributed by atoms with Gasteiger partial charge in [-0.05, 0) is 12.8 Å². The maximum atomic E-state index is 9.28. The molecule has 0 aromatic heterocycles. The van der Waals surface area contributed by atoms with Crippen LogP contribution in [-0.2, 0) is 4.74 Å². The van der Waals surface area contributed by atoms with Crippen LogP contribution in [0.2, 0.25) is 0 Å². The molecule has 17 heavy (non-hydrogen) atoms. The molecule has 104 valence electrons. The average Bonchev–Trinajstić information content (AvgIpc) is 2.35. The van der Waals surface area contributed by atoms with Crippen molar-refractivity contribution in [2.24, 2.45) is 0 Å². The highest BCUT2D eigenvalue weighted by Crippen LogP contribution is 2.09. The van der Waals surface area contributed by atoms with Crippen molar-refractivity contribution in [3.05, 3.63) is 0 Å². The Morgan fingerprint density at radius 2 is 1.35 bits per heavy atom. The van der Waals surface area contributed by atoms with Crippen molar-refractivity contribution in [1.82, 2.24) is 0 Å². The number of ether oxygens (including phenoxy) is 1. The van der Waals surface area contributed by atoms with E-state index < -0.39 is 0 Å². The minimum Gasteiger partial charge on any atom is -0.391 e. The van der Waals surface area contributed by atoms with Crippen LogP contribution in [0, 0.1) is 0 Å². The summed E-state index contributed by atoms with van der Waals surface area (Å²) in [5.74, 6) is 0. The standard InChI is InChI=1S/C15H32O2/c1-3-5-6-7-8-9-10-11-12-13-17-14-15(16)4-2/h15-16H,3-14H2,1-2H3/t15-/m0/s1. The molecular weight excluding hydrogens is 212 g/mol. The molecule has 0 radical (unpaired) electrons. The number of hydrogen-bond acceptors (Lipinski definition) is 2. The molecule has 0 aliphatic heterocycles. The molecule has 0 bridgehead atoms. The van der Waals surface area contributed by atoms with Crippen molar-refractivity contribution in [1.29, 1.82) is 0 Å². The Balaban J connectivity index is 2.94. The van der Waals surface area contributed by atoms with Crippen LogP contribution in [0.3, 0.4) is 0 Å². The summed E-state index contributed by atoms with van der Waals surface area (Å²) in [6, 6.07) is 0. The van der Waals surface area contributed by atoms with E-state index in [0.29, 0.717) is 6.61 Å². The van der Waals surface area contributed by atoms with Gasteiger partial charge >= 0.3 is 0 Å². The quantitative estimate of drug-likeness (QED) is 0.489. The zero-order valence-electron chi connectivity index (χ0n) is 11.9. The van der Waals surface area contributed by atoms with E-state index in [4.69, 9.17) is 4.74 Å². The first-order valence-corrected chi connectivity index (χ1v) is 7.57. The first-order valence-electron chi connectivity index (χ1n) is 7.57.